The van der Waals surface area contributed by atoms with Gasteiger partial charge in [-0.25, -0.2) is 9.97 Å². The number of carbonyl (C=O) groups is 1. The van der Waals surface area contributed by atoms with Crippen LogP contribution >= 0.6 is 0 Å². The Bertz CT molecular complexity index is 969. The van der Waals surface area contributed by atoms with Gasteiger partial charge >= 0.3 is 0 Å². The molecule has 1 aliphatic heterocycles. The molecule has 1 saturated heterocycles. The van der Waals surface area contributed by atoms with Crippen molar-refractivity contribution < 1.29 is 9.53 Å². The van der Waals surface area contributed by atoms with Gasteiger partial charge in [0, 0.05) is 31.3 Å². The number of ether oxygens (including phenoxy) is 1. The molecule has 2 aromatic heterocycles. The summed E-state index contributed by atoms with van der Waals surface area (Å²) in [4.78, 5) is 23.5. The molecule has 1 amide bonds. The van der Waals surface area contributed by atoms with Crippen LogP contribution in [0, 0.1) is 0 Å². The number of methoxy groups -OCH3 is 1. The first-order chi connectivity index (χ1) is 12.7. The highest BCUT2D eigenvalue weighted by atomic mass is 16.5. The van der Waals surface area contributed by atoms with Crippen molar-refractivity contribution in [3.05, 3.63) is 54.0 Å². The lowest BCUT2D eigenvalue weighted by atomic mass is 10.1. The minimum Gasteiger partial charge on any atom is -0.481 e. The molecule has 0 atom stereocenters. The maximum Gasteiger partial charge on any atom is 0.255 e. The molecule has 0 bridgehead atoms. The van der Waals surface area contributed by atoms with Gasteiger partial charge < -0.3 is 14.2 Å². The minimum absolute atomic E-state index is 0.0220. The van der Waals surface area contributed by atoms with Crippen molar-refractivity contribution in [2.45, 2.75) is 24.8 Å². The Morgan fingerprint density at radius 1 is 1.15 bits per heavy atom. The van der Waals surface area contributed by atoms with E-state index in [-0.39, 0.29) is 5.91 Å². The summed E-state index contributed by atoms with van der Waals surface area (Å²) in [6.07, 6.45) is 4.02. The molecule has 0 N–H and O–H groups in total. The number of hydrogen-bond donors (Lipinski definition) is 0. The average molecular weight is 348 g/mol. The van der Waals surface area contributed by atoms with Crippen molar-refractivity contribution in [2.75, 3.05) is 20.2 Å². The van der Waals surface area contributed by atoms with Crippen molar-refractivity contribution >= 4 is 16.9 Å². The zero-order chi connectivity index (χ0) is 17.7. The number of nitrogens with zero attached hydrogens (tertiary/aromatic N) is 4. The van der Waals surface area contributed by atoms with E-state index in [2.05, 4.69) is 27.8 Å². The van der Waals surface area contributed by atoms with Gasteiger partial charge in [0.25, 0.3) is 5.91 Å². The first-order valence-corrected chi connectivity index (χ1v) is 9.01. The number of pyridine rings is 1. The van der Waals surface area contributed by atoms with E-state index in [1.807, 2.05) is 11.0 Å². The van der Waals surface area contributed by atoms with Gasteiger partial charge in [-0.1, -0.05) is 12.1 Å². The smallest absolute Gasteiger partial charge is 0.255 e. The molecule has 0 radical (unpaired) electrons. The van der Waals surface area contributed by atoms with E-state index in [9.17, 15) is 4.79 Å². The van der Waals surface area contributed by atoms with Gasteiger partial charge in [0.15, 0.2) is 0 Å². The van der Waals surface area contributed by atoms with Crippen LogP contribution in [-0.2, 0) is 0 Å². The maximum absolute atomic E-state index is 12.7. The summed E-state index contributed by atoms with van der Waals surface area (Å²) >= 11 is 0. The van der Waals surface area contributed by atoms with E-state index in [1.165, 1.54) is 24.2 Å². The zero-order valence-corrected chi connectivity index (χ0v) is 14.6. The standard InChI is InChI=1S/C20H20N4O2/c1-26-18-9-8-14(10-21-18)20(25)23-11-15(12-23)24-17-5-3-2-4-16(17)22-19(24)13-6-7-13/h2-5,8-10,13,15H,6-7,11-12H2,1H3. The van der Waals surface area contributed by atoms with E-state index in [0.717, 1.165) is 5.52 Å². The maximum atomic E-state index is 12.7. The van der Waals surface area contributed by atoms with Gasteiger partial charge in [0.2, 0.25) is 5.88 Å². The van der Waals surface area contributed by atoms with Crippen LogP contribution in [0.2, 0.25) is 0 Å². The monoisotopic (exact) mass is 348 g/mol. The van der Waals surface area contributed by atoms with Crippen LogP contribution in [0.15, 0.2) is 42.6 Å². The molecule has 5 rings (SSSR count). The highest BCUT2D eigenvalue weighted by Crippen LogP contribution is 2.43. The number of fused-ring (bicyclic) bond motifs is 1. The van der Waals surface area contributed by atoms with E-state index in [1.54, 1.807) is 25.4 Å². The molecule has 0 unspecified atom stereocenters. The van der Waals surface area contributed by atoms with Crippen molar-refractivity contribution in [2.24, 2.45) is 0 Å². The summed E-state index contributed by atoms with van der Waals surface area (Å²) in [6, 6.07) is 12.1. The number of rotatable bonds is 4. The fourth-order valence-corrected chi connectivity index (χ4v) is 3.67. The Kier molecular flexibility index (Phi) is 3.45. The molecule has 1 saturated carbocycles. The molecule has 3 aromatic rings. The summed E-state index contributed by atoms with van der Waals surface area (Å²) < 4.78 is 7.42. The number of amides is 1. The van der Waals surface area contributed by atoms with E-state index in [0.29, 0.717) is 36.5 Å². The highest BCUT2D eigenvalue weighted by Gasteiger charge is 2.38. The fraction of sp³-hybridized carbons (Fsp3) is 0.350. The summed E-state index contributed by atoms with van der Waals surface area (Å²) in [6.45, 7) is 1.43. The molecule has 1 aliphatic carbocycles. The molecule has 6 heteroatoms. The number of aromatic nitrogens is 3. The number of carbonyl (C=O) groups excluding carboxylic acids is 1. The van der Waals surface area contributed by atoms with Crippen molar-refractivity contribution in [1.82, 2.24) is 19.4 Å². The number of imidazole rings is 1. The van der Waals surface area contributed by atoms with Gasteiger partial charge in [-0.05, 0) is 31.0 Å². The second kappa shape index (κ2) is 5.83. The van der Waals surface area contributed by atoms with E-state index in [4.69, 9.17) is 9.72 Å². The van der Waals surface area contributed by atoms with Crippen molar-refractivity contribution in [3.8, 4) is 5.88 Å². The van der Waals surface area contributed by atoms with Gasteiger partial charge in [-0.2, -0.15) is 0 Å². The molecule has 26 heavy (non-hydrogen) atoms. The van der Waals surface area contributed by atoms with Crippen molar-refractivity contribution in [1.29, 1.82) is 0 Å². The largest absolute Gasteiger partial charge is 0.481 e. The molecular formula is C20H20N4O2. The Morgan fingerprint density at radius 2 is 1.96 bits per heavy atom. The quantitative estimate of drug-likeness (QED) is 0.727. The summed E-state index contributed by atoms with van der Waals surface area (Å²) in [7, 11) is 1.57. The predicted octanol–water partition coefficient (Wildman–Crippen LogP) is 3.01. The number of likely N-dealkylation sites (tertiary alicyclic amines) is 1. The first kappa shape index (κ1) is 15.4. The van der Waals surface area contributed by atoms with Gasteiger partial charge in [0.05, 0.1) is 29.7 Å². The Morgan fingerprint density at radius 3 is 2.65 bits per heavy atom. The molecule has 2 aliphatic rings. The Labute approximate surface area is 151 Å². The number of hydrogen-bond acceptors (Lipinski definition) is 4. The van der Waals surface area contributed by atoms with Gasteiger partial charge in [0.1, 0.15) is 5.82 Å². The average Bonchev–Trinajstić information content (AvgIpc) is 3.42. The number of benzene rings is 1. The Balaban J connectivity index is 1.37. The lowest BCUT2D eigenvalue weighted by Crippen LogP contribution is -2.51. The lowest BCUT2D eigenvalue weighted by Gasteiger charge is -2.41. The third-order valence-electron chi connectivity index (χ3n) is 5.27. The van der Waals surface area contributed by atoms with Crippen LogP contribution in [0.4, 0.5) is 0 Å². The van der Waals surface area contributed by atoms with Crippen LogP contribution in [-0.4, -0.2) is 45.5 Å². The molecule has 1 aromatic carbocycles. The van der Waals surface area contributed by atoms with Crippen LogP contribution in [0.3, 0.4) is 0 Å². The third kappa shape index (κ3) is 2.44. The van der Waals surface area contributed by atoms with E-state index < -0.39 is 0 Å². The predicted molar refractivity (Wildman–Crippen MR) is 97.4 cm³/mol. The summed E-state index contributed by atoms with van der Waals surface area (Å²) in [5.41, 5.74) is 2.83. The minimum atomic E-state index is 0.0220. The second-order valence-corrected chi connectivity index (χ2v) is 7.06. The normalized spacial score (nSPS) is 17.3. The molecule has 0 spiro atoms. The second-order valence-electron chi connectivity index (χ2n) is 7.06. The summed E-state index contributed by atoms with van der Waals surface area (Å²) in [5.74, 6) is 2.31. The highest BCUT2D eigenvalue weighted by molar-refractivity contribution is 5.94. The SMILES string of the molecule is COc1ccc(C(=O)N2CC(n3c(C4CC4)nc4ccccc43)C2)cn1. The molecule has 2 fully saturated rings. The van der Waals surface area contributed by atoms with Gasteiger partial charge in [-0.15, -0.1) is 0 Å². The first-order valence-electron chi connectivity index (χ1n) is 9.01. The number of para-hydroxylation sites is 2. The topological polar surface area (TPSA) is 60.2 Å². The van der Waals surface area contributed by atoms with Crippen LogP contribution < -0.4 is 4.74 Å². The molecule has 6 nitrogen and oxygen atoms in total. The zero-order valence-electron chi connectivity index (χ0n) is 14.6. The molecule has 132 valence electrons. The Hall–Kier alpha value is -2.89. The molecular weight excluding hydrogens is 328 g/mol. The van der Waals surface area contributed by atoms with Crippen LogP contribution in [0.1, 0.15) is 41.0 Å². The summed E-state index contributed by atoms with van der Waals surface area (Å²) in [5, 5.41) is 0. The van der Waals surface area contributed by atoms with Crippen LogP contribution in [0.25, 0.3) is 11.0 Å². The third-order valence-corrected chi connectivity index (χ3v) is 5.27. The van der Waals surface area contributed by atoms with E-state index >= 15 is 0 Å². The van der Waals surface area contributed by atoms with Crippen LogP contribution in [0.5, 0.6) is 5.88 Å². The lowest BCUT2D eigenvalue weighted by molar-refractivity contribution is 0.0521. The molecule has 3 heterocycles. The van der Waals surface area contributed by atoms with Gasteiger partial charge in [-0.3, -0.25) is 4.79 Å². The van der Waals surface area contributed by atoms with Crippen molar-refractivity contribution in [3.63, 3.8) is 0 Å². The fourth-order valence-electron chi connectivity index (χ4n) is 3.67.